The molecule has 0 aliphatic heterocycles. The SMILES string of the molecule is C#CCc1cccc(C(=O)O)c1OI. The number of carbonyl (C=O) groups is 1. The van der Waals surface area contributed by atoms with E-state index in [4.69, 9.17) is 14.6 Å². The Morgan fingerprint density at radius 2 is 2.36 bits per heavy atom. The summed E-state index contributed by atoms with van der Waals surface area (Å²) < 4.78 is 4.98. The zero-order valence-corrected chi connectivity index (χ0v) is 9.32. The van der Waals surface area contributed by atoms with Gasteiger partial charge in [-0.2, -0.15) is 0 Å². The second kappa shape index (κ2) is 4.86. The Labute approximate surface area is 95.8 Å². The minimum atomic E-state index is -1.02. The summed E-state index contributed by atoms with van der Waals surface area (Å²) in [5.41, 5.74) is 0.842. The molecule has 14 heavy (non-hydrogen) atoms. The number of para-hydroxylation sites is 1. The Kier molecular flexibility index (Phi) is 3.77. The highest BCUT2D eigenvalue weighted by molar-refractivity contribution is 14.1. The van der Waals surface area contributed by atoms with Crippen molar-refractivity contribution >= 4 is 29.0 Å². The number of carboxylic acid groups (broad SMARTS) is 1. The highest BCUT2D eigenvalue weighted by atomic mass is 127. The van der Waals surface area contributed by atoms with Crippen molar-refractivity contribution in [2.75, 3.05) is 0 Å². The van der Waals surface area contributed by atoms with Crippen molar-refractivity contribution < 1.29 is 13.0 Å². The first-order valence-electron chi connectivity index (χ1n) is 3.78. The summed E-state index contributed by atoms with van der Waals surface area (Å²) >= 11 is 1.65. The summed E-state index contributed by atoms with van der Waals surface area (Å²) in [5.74, 6) is 1.76. The summed E-state index contributed by atoms with van der Waals surface area (Å²) in [4.78, 5) is 10.8. The third-order valence-electron chi connectivity index (χ3n) is 1.70. The van der Waals surface area contributed by atoms with Crippen LogP contribution in [0.2, 0.25) is 0 Å². The number of hydrogen-bond donors (Lipinski definition) is 1. The van der Waals surface area contributed by atoms with Gasteiger partial charge >= 0.3 is 5.97 Å². The molecule has 3 nitrogen and oxygen atoms in total. The van der Waals surface area contributed by atoms with Crippen molar-refractivity contribution in [3.63, 3.8) is 0 Å². The van der Waals surface area contributed by atoms with Crippen LogP contribution in [0.4, 0.5) is 0 Å². The molecule has 4 heteroatoms. The molecular formula is C10H7IO3. The molecule has 1 N–H and O–H groups in total. The quantitative estimate of drug-likeness (QED) is 0.688. The van der Waals surface area contributed by atoms with Crippen LogP contribution in [0.3, 0.4) is 0 Å². The van der Waals surface area contributed by atoms with E-state index in [-0.39, 0.29) is 5.56 Å². The molecule has 1 aromatic carbocycles. The first-order valence-corrected chi connectivity index (χ1v) is 4.66. The molecule has 1 aromatic rings. The summed E-state index contributed by atoms with van der Waals surface area (Å²) in [7, 11) is 0. The van der Waals surface area contributed by atoms with E-state index in [2.05, 4.69) is 5.92 Å². The van der Waals surface area contributed by atoms with Crippen LogP contribution < -0.4 is 3.07 Å². The van der Waals surface area contributed by atoms with Gasteiger partial charge < -0.3 is 8.17 Å². The zero-order chi connectivity index (χ0) is 10.6. The number of carboxylic acids is 1. The smallest absolute Gasteiger partial charge is 0.339 e. The largest absolute Gasteiger partial charge is 0.478 e. The van der Waals surface area contributed by atoms with Gasteiger partial charge in [0.1, 0.15) is 5.56 Å². The molecule has 72 valence electrons. The molecule has 0 radical (unpaired) electrons. The van der Waals surface area contributed by atoms with Gasteiger partial charge in [0.05, 0.1) is 0 Å². The maximum atomic E-state index is 10.8. The van der Waals surface area contributed by atoms with E-state index in [0.29, 0.717) is 17.7 Å². The monoisotopic (exact) mass is 302 g/mol. The average Bonchev–Trinajstić information content (AvgIpc) is 2.18. The lowest BCUT2D eigenvalue weighted by Gasteiger charge is -2.06. The minimum absolute atomic E-state index is 0.132. The Morgan fingerprint density at radius 1 is 1.64 bits per heavy atom. The number of rotatable bonds is 3. The van der Waals surface area contributed by atoms with E-state index in [9.17, 15) is 4.79 Å². The van der Waals surface area contributed by atoms with Gasteiger partial charge in [-0.1, -0.05) is 12.1 Å². The van der Waals surface area contributed by atoms with E-state index in [1.165, 1.54) is 6.07 Å². The molecule has 0 heterocycles. The first kappa shape index (κ1) is 10.9. The zero-order valence-electron chi connectivity index (χ0n) is 7.16. The minimum Gasteiger partial charge on any atom is -0.478 e. The lowest BCUT2D eigenvalue weighted by Crippen LogP contribution is -2.00. The lowest BCUT2D eigenvalue weighted by molar-refractivity contribution is 0.0695. The fourth-order valence-corrected chi connectivity index (χ4v) is 1.61. The molecule has 0 saturated carbocycles. The molecule has 0 saturated heterocycles. The van der Waals surface area contributed by atoms with Gasteiger partial charge in [0.2, 0.25) is 0 Å². The Morgan fingerprint density at radius 3 is 2.86 bits per heavy atom. The van der Waals surface area contributed by atoms with Crippen LogP contribution in [0.25, 0.3) is 0 Å². The van der Waals surface area contributed by atoms with Gasteiger partial charge in [0.15, 0.2) is 28.8 Å². The van der Waals surface area contributed by atoms with Crippen molar-refractivity contribution in [2.45, 2.75) is 6.42 Å². The van der Waals surface area contributed by atoms with Gasteiger partial charge in [-0.3, -0.25) is 0 Å². The summed E-state index contributed by atoms with van der Waals surface area (Å²) in [6, 6.07) is 4.88. The molecular weight excluding hydrogens is 295 g/mol. The van der Waals surface area contributed by atoms with Gasteiger partial charge in [-0.25, -0.2) is 4.79 Å². The van der Waals surface area contributed by atoms with Gasteiger partial charge in [-0.05, 0) is 6.07 Å². The van der Waals surface area contributed by atoms with E-state index in [1.807, 2.05) is 0 Å². The van der Waals surface area contributed by atoms with Crippen molar-refractivity contribution in [2.24, 2.45) is 0 Å². The number of halogens is 1. The van der Waals surface area contributed by atoms with Gasteiger partial charge in [0, 0.05) is 12.0 Å². The summed E-state index contributed by atoms with van der Waals surface area (Å²) in [6.45, 7) is 0. The molecule has 0 amide bonds. The van der Waals surface area contributed by atoms with Crippen molar-refractivity contribution in [1.82, 2.24) is 0 Å². The van der Waals surface area contributed by atoms with Crippen LogP contribution in [0, 0.1) is 12.3 Å². The molecule has 0 aliphatic carbocycles. The fraction of sp³-hybridized carbons (Fsp3) is 0.100. The molecule has 0 bridgehead atoms. The normalized spacial score (nSPS) is 9.14. The number of aromatic carboxylic acids is 1. The maximum absolute atomic E-state index is 10.8. The second-order valence-electron chi connectivity index (χ2n) is 2.56. The van der Waals surface area contributed by atoms with Crippen molar-refractivity contribution in [1.29, 1.82) is 0 Å². The van der Waals surface area contributed by atoms with Crippen LogP contribution in [0.1, 0.15) is 15.9 Å². The van der Waals surface area contributed by atoms with E-state index < -0.39 is 5.97 Å². The molecule has 0 fully saturated rings. The molecule has 0 atom stereocenters. The fourth-order valence-electron chi connectivity index (χ4n) is 1.09. The van der Waals surface area contributed by atoms with Crippen molar-refractivity contribution in [3.05, 3.63) is 29.3 Å². The molecule has 0 spiro atoms. The van der Waals surface area contributed by atoms with Crippen LogP contribution in [-0.4, -0.2) is 11.1 Å². The number of benzene rings is 1. The third kappa shape index (κ3) is 2.17. The number of terminal acetylenes is 1. The molecule has 1 rings (SSSR count). The number of hydrogen-bond acceptors (Lipinski definition) is 2. The van der Waals surface area contributed by atoms with E-state index >= 15 is 0 Å². The molecule has 0 aliphatic rings. The molecule has 0 unspecified atom stereocenters. The van der Waals surface area contributed by atoms with Crippen molar-refractivity contribution in [3.8, 4) is 18.1 Å². The van der Waals surface area contributed by atoms with Crippen LogP contribution >= 0.6 is 23.0 Å². The van der Waals surface area contributed by atoms with Gasteiger partial charge in [0.25, 0.3) is 0 Å². The first-order chi connectivity index (χ1) is 6.70. The average molecular weight is 302 g/mol. The highest BCUT2D eigenvalue weighted by Gasteiger charge is 2.14. The Bertz CT molecular complexity index is 393. The summed E-state index contributed by atoms with van der Waals surface area (Å²) in [6.07, 6.45) is 5.52. The Hall–Kier alpha value is -1.22. The van der Waals surface area contributed by atoms with Crippen LogP contribution in [-0.2, 0) is 6.42 Å². The van der Waals surface area contributed by atoms with Gasteiger partial charge in [-0.15, -0.1) is 12.3 Å². The van der Waals surface area contributed by atoms with E-state index in [1.54, 1.807) is 35.1 Å². The van der Waals surface area contributed by atoms with Crippen LogP contribution in [0.15, 0.2) is 18.2 Å². The predicted molar refractivity (Wildman–Crippen MR) is 60.6 cm³/mol. The predicted octanol–water partition coefficient (Wildman–Crippen LogP) is 2.29. The highest BCUT2D eigenvalue weighted by Crippen LogP contribution is 2.26. The standard InChI is InChI=1S/C10H7IO3/c1-2-4-7-5-3-6-8(10(12)13)9(7)14-11/h1,3,5-6H,4H2,(H,12,13). The second-order valence-corrected chi connectivity index (χ2v) is 3.00. The topological polar surface area (TPSA) is 46.5 Å². The lowest BCUT2D eigenvalue weighted by atomic mass is 10.1. The third-order valence-corrected chi connectivity index (χ3v) is 2.14. The van der Waals surface area contributed by atoms with Crippen LogP contribution in [0.5, 0.6) is 5.75 Å². The Balaban J connectivity index is 3.26. The maximum Gasteiger partial charge on any atom is 0.339 e. The van der Waals surface area contributed by atoms with E-state index in [0.717, 1.165) is 0 Å². The summed E-state index contributed by atoms with van der Waals surface area (Å²) in [5, 5.41) is 8.85. The molecule has 0 aromatic heterocycles.